The first-order valence-electron chi connectivity index (χ1n) is 10.0. The second-order valence-corrected chi connectivity index (χ2v) is 7.22. The van der Waals surface area contributed by atoms with Crippen LogP contribution >= 0.6 is 0 Å². The minimum absolute atomic E-state index is 0.140. The molecule has 3 rings (SSSR count). The fourth-order valence-electron chi connectivity index (χ4n) is 3.68. The summed E-state index contributed by atoms with van der Waals surface area (Å²) >= 11 is 0. The van der Waals surface area contributed by atoms with Crippen molar-refractivity contribution in [3.05, 3.63) is 88.2 Å². The van der Waals surface area contributed by atoms with Crippen LogP contribution in [-0.4, -0.2) is 23.1 Å². The van der Waals surface area contributed by atoms with Crippen LogP contribution in [0.2, 0.25) is 0 Å². The van der Waals surface area contributed by atoms with E-state index in [1.807, 2.05) is 30.3 Å². The van der Waals surface area contributed by atoms with Gasteiger partial charge in [-0.1, -0.05) is 42.5 Å². The van der Waals surface area contributed by atoms with Crippen LogP contribution in [0.5, 0.6) is 0 Å². The highest BCUT2D eigenvalue weighted by atomic mass is 19.4. The number of nitrogens with zero attached hydrogens (tertiary/aromatic N) is 1. The number of hydrogen-bond donors (Lipinski definition) is 1. The van der Waals surface area contributed by atoms with E-state index in [4.69, 9.17) is 4.74 Å². The lowest BCUT2D eigenvalue weighted by Crippen LogP contribution is -2.18. The summed E-state index contributed by atoms with van der Waals surface area (Å²) in [6.07, 6.45) is -4.62. The summed E-state index contributed by atoms with van der Waals surface area (Å²) in [4.78, 5) is 25.8. The zero-order valence-corrected chi connectivity index (χ0v) is 17.9. The second-order valence-electron chi connectivity index (χ2n) is 7.22. The Bertz CT molecular complexity index is 1140. The summed E-state index contributed by atoms with van der Waals surface area (Å²) in [6.45, 7) is 5.36. The summed E-state index contributed by atoms with van der Waals surface area (Å²) in [5.74, 6) is -1.33. The van der Waals surface area contributed by atoms with Crippen LogP contribution < -0.4 is 5.32 Å². The van der Waals surface area contributed by atoms with Crippen LogP contribution in [0.15, 0.2) is 54.6 Å². The molecule has 5 nitrogen and oxygen atoms in total. The fourth-order valence-corrected chi connectivity index (χ4v) is 3.68. The van der Waals surface area contributed by atoms with Gasteiger partial charge < -0.3 is 14.6 Å². The van der Waals surface area contributed by atoms with Gasteiger partial charge in [-0.15, -0.1) is 0 Å². The van der Waals surface area contributed by atoms with Crippen molar-refractivity contribution in [2.24, 2.45) is 0 Å². The number of amides is 1. The highest BCUT2D eigenvalue weighted by molar-refractivity contribution is 6.08. The van der Waals surface area contributed by atoms with Crippen molar-refractivity contribution < 1.29 is 27.5 Å². The number of alkyl halides is 3. The molecule has 168 valence electrons. The number of para-hydroxylation sites is 1. The molecule has 0 saturated carbocycles. The Labute approximate surface area is 183 Å². The van der Waals surface area contributed by atoms with Crippen LogP contribution in [0.4, 0.5) is 18.9 Å². The molecule has 32 heavy (non-hydrogen) atoms. The predicted molar refractivity (Wildman–Crippen MR) is 115 cm³/mol. The van der Waals surface area contributed by atoms with Crippen LogP contribution in [-0.2, 0) is 17.5 Å². The molecule has 0 aliphatic rings. The summed E-state index contributed by atoms with van der Waals surface area (Å²) in [6, 6.07) is 14.1. The number of hydrogen-bond acceptors (Lipinski definition) is 3. The van der Waals surface area contributed by atoms with E-state index in [-0.39, 0.29) is 23.6 Å². The second kappa shape index (κ2) is 9.30. The molecule has 0 fully saturated rings. The van der Waals surface area contributed by atoms with Gasteiger partial charge in [0.15, 0.2) is 0 Å². The standard InChI is InChI=1S/C24H23F3N2O3/c1-4-32-23(31)21-15(2)20(16(3)29(21)14-17-10-6-5-7-11-17)22(30)28-19-13-9-8-12-18(19)24(25,26)27/h5-13H,4,14H2,1-3H3,(H,28,30). The van der Waals surface area contributed by atoms with Gasteiger partial charge in [0.1, 0.15) is 5.69 Å². The minimum atomic E-state index is -4.62. The fraction of sp³-hybridized carbons (Fsp3) is 0.250. The molecule has 1 aromatic heterocycles. The van der Waals surface area contributed by atoms with Gasteiger partial charge in [0.2, 0.25) is 0 Å². The molecular formula is C24H23F3N2O3. The van der Waals surface area contributed by atoms with E-state index in [0.29, 0.717) is 17.8 Å². The highest BCUT2D eigenvalue weighted by Gasteiger charge is 2.34. The number of carbonyl (C=O) groups excluding carboxylic acids is 2. The third-order valence-corrected chi connectivity index (χ3v) is 5.13. The van der Waals surface area contributed by atoms with E-state index in [1.165, 1.54) is 18.2 Å². The smallest absolute Gasteiger partial charge is 0.418 e. The van der Waals surface area contributed by atoms with Crippen molar-refractivity contribution in [3.63, 3.8) is 0 Å². The summed E-state index contributed by atoms with van der Waals surface area (Å²) < 4.78 is 46.9. The number of esters is 1. The van der Waals surface area contributed by atoms with Crippen LogP contribution in [0, 0.1) is 13.8 Å². The van der Waals surface area contributed by atoms with Gasteiger partial charge in [0.25, 0.3) is 5.91 Å². The Kier molecular flexibility index (Phi) is 6.72. The van der Waals surface area contributed by atoms with E-state index in [9.17, 15) is 22.8 Å². The Hall–Kier alpha value is -3.55. The van der Waals surface area contributed by atoms with Crippen molar-refractivity contribution >= 4 is 17.6 Å². The Balaban J connectivity index is 2.06. The van der Waals surface area contributed by atoms with Gasteiger partial charge in [-0.2, -0.15) is 13.2 Å². The Morgan fingerprint density at radius 1 is 1.00 bits per heavy atom. The van der Waals surface area contributed by atoms with Crippen LogP contribution in [0.25, 0.3) is 0 Å². The molecule has 8 heteroatoms. The monoisotopic (exact) mass is 444 g/mol. The predicted octanol–water partition coefficient (Wildman–Crippen LogP) is 5.60. The maximum atomic E-state index is 13.3. The first kappa shape index (κ1) is 23.1. The Morgan fingerprint density at radius 2 is 1.62 bits per heavy atom. The van der Waals surface area contributed by atoms with Gasteiger partial charge in [-0.05, 0) is 44.0 Å². The van der Waals surface area contributed by atoms with E-state index < -0.39 is 23.6 Å². The quantitative estimate of drug-likeness (QED) is 0.504. The van der Waals surface area contributed by atoms with E-state index in [0.717, 1.165) is 11.6 Å². The average molecular weight is 444 g/mol. The number of carbonyl (C=O) groups is 2. The molecule has 0 atom stereocenters. The first-order chi connectivity index (χ1) is 15.1. The van der Waals surface area contributed by atoms with Crippen LogP contribution in [0.3, 0.4) is 0 Å². The zero-order valence-electron chi connectivity index (χ0n) is 17.9. The van der Waals surface area contributed by atoms with Crippen molar-refractivity contribution in [3.8, 4) is 0 Å². The molecule has 0 unspecified atom stereocenters. The average Bonchev–Trinajstić information content (AvgIpc) is 2.98. The third kappa shape index (κ3) is 4.69. The molecule has 0 radical (unpaired) electrons. The maximum absolute atomic E-state index is 13.3. The molecular weight excluding hydrogens is 421 g/mol. The van der Waals surface area contributed by atoms with Crippen molar-refractivity contribution in [2.45, 2.75) is 33.5 Å². The van der Waals surface area contributed by atoms with Gasteiger partial charge in [0, 0.05) is 12.2 Å². The lowest BCUT2D eigenvalue weighted by Gasteiger charge is -2.14. The van der Waals surface area contributed by atoms with Gasteiger partial charge >= 0.3 is 12.1 Å². The maximum Gasteiger partial charge on any atom is 0.418 e. The number of nitrogens with one attached hydrogen (secondary N) is 1. The lowest BCUT2D eigenvalue weighted by atomic mass is 10.1. The SMILES string of the molecule is CCOC(=O)c1c(C)c(C(=O)Nc2ccccc2C(F)(F)F)c(C)n1Cc1ccccc1. The molecule has 0 aliphatic carbocycles. The van der Waals surface area contributed by atoms with Crippen molar-refractivity contribution in [1.29, 1.82) is 0 Å². The summed E-state index contributed by atoms with van der Waals surface area (Å²) in [7, 11) is 0. The molecule has 1 heterocycles. The number of ether oxygens (including phenoxy) is 1. The van der Waals surface area contributed by atoms with Gasteiger partial charge in [-0.25, -0.2) is 4.79 Å². The minimum Gasteiger partial charge on any atom is -0.461 e. The van der Waals surface area contributed by atoms with Crippen LogP contribution in [0.1, 0.15) is 50.2 Å². The van der Waals surface area contributed by atoms with E-state index >= 15 is 0 Å². The molecule has 0 aliphatic heterocycles. The number of halogens is 3. The molecule has 1 N–H and O–H groups in total. The molecule has 0 spiro atoms. The number of anilines is 1. The number of aromatic nitrogens is 1. The summed E-state index contributed by atoms with van der Waals surface area (Å²) in [5, 5.41) is 2.37. The lowest BCUT2D eigenvalue weighted by molar-refractivity contribution is -0.136. The molecule has 2 aromatic carbocycles. The number of benzene rings is 2. The normalized spacial score (nSPS) is 11.3. The van der Waals surface area contributed by atoms with E-state index in [2.05, 4.69) is 5.32 Å². The molecule has 0 bridgehead atoms. The van der Waals surface area contributed by atoms with Crippen molar-refractivity contribution in [1.82, 2.24) is 4.57 Å². The largest absolute Gasteiger partial charge is 0.461 e. The van der Waals surface area contributed by atoms with Crippen molar-refractivity contribution in [2.75, 3.05) is 11.9 Å². The van der Waals surface area contributed by atoms with Gasteiger partial charge in [-0.3, -0.25) is 4.79 Å². The number of rotatable bonds is 6. The molecule has 3 aromatic rings. The zero-order chi connectivity index (χ0) is 23.5. The molecule has 1 amide bonds. The third-order valence-electron chi connectivity index (χ3n) is 5.13. The topological polar surface area (TPSA) is 60.3 Å². The van der Waals surface area contributed by atoms with Gasteiger partial charge in [0.05, 0.1) is 23.4 Å². The first-order valence-corrected chi connectivity index (χ1v) is 10.0. The Morgan fingerprint density at radius 3 is 2.25 bits per heavy atom. The van der Waals surface area contributed by atoms with E-state index in [1.54, 1.807) is 25.3 Å². The molecule has 0 saturated heterocycles. The summed E-state index contributed by atoms with van der Waals surface area (Å²) in [5.41, 5.74) is 0.736. The highest BCUT2D eigenvalue weighted by Crippen LogP contribution is 2.35.